The van der Waals surface area contributed by atoms with Crippen molar-refractivity contribution in [2.45, 2.75) is 19.4 Å². The van der Waals surface area contributed by atoms with Crippen LogP contribution in [0.15, 0.2) is 48.5 Å². The number of ether oxygens (including phenoxy) is 1. The van der Waals surface area contributed by atoms with Crippen LogP contribution in [0.3, 0.4) is 0 Å². The number of carbonyl (C=O) groups excluding carboxylic acids is 2. The van der Waals surface area contributed by atoms with Gasteiger partial charge in [-0.2, -0.15) is 0 Å². The second kappa shape index (κ2) is 7.85. The van der Waals surface area contributed by atoms with Gasteiger partial charge < -0.3 is 15.0 Å². The zero-order chi connectivity index (χ0) is 19.5. The number of anilines is 2. The van der Waals surface area contributed by atoms with Crippen molar-refractivity contribution in [3.8, 4) is 5.75 Å². The van der Waals surface area contributed by atoms with Crippen molar-refractivity contribution in [3.05, 3.63) is 48.5 Å². The van der Waals surface area contributed by atoms with Crippen molar-refractivity contribution in [3.63, 3.8) is 0 Å². The Morgan fingerprint density at radius 2 is 2.11 bits per heavy atom. The summed E-state index contributed by atoms with van der Waals surface area (Å²) in [7, 11) is 0. The van der Waals surface area contributed by atoms with E-state index >= 15 is 0 Å². The summed E-state index contributed by atoms with van der Waals surface area (Å²) in [5, 5.41) is 6.13. The minimum Gasteiger partial charge on any atom is -0.494 e. The van der Waals surface area contributed by atoms with Crippen LogP contribution in [-0.4, -0.2) is 36.1 Å². The molecule has 28 heavy (non-hydrogen) atoms. The van der Waals surface area contributed by atoms with Crippen molar-refractivity contribution in [2.24, 2.45) is 0 Å². The van der Waals surface area contributed by atoms with Gasteiger partial charge >= 0.3 is 6.03 Å². The lowest BCUT2D eigenvalue weighted by atomic mass is 10.2. The highest BCUT2D eigenvalue weighted by atomic mass is 32.1. The minimum atomic E-state index is -0.364. The molecule has 0 aliphatic carbocycles. The molecule has 2 N–H and O–H groups in total. The molecular weight excluding hydrogens is 376 g/mol. The summed E-state index contributed by atoms with van der Waals surface area (Å²) < 4.78 is 6.43. The van der Waals surface area contributed by atoms with E-state index in [0.717, 1.165) is 21.7 Å². The van der Waals surface area contributed by atoms with Gasteiger partial charge in [0.05, 0.1) is 22.9 Å². The van der Waals surface area contributed by atoms with Gasteiger partial charge in [0, 0.05) is 18.7 Å². The number of amides is 3. The largest absolute Gasteiger partial charge is 0.494 e. The van der Waals surface area contributed by atoms with Gasteiger partial charge in [-0.15, -0.1) is 0 Å². The molecule has 7 nitrogen and oxygen atoms in total. The first-order chi connectivity index (χ1) is 13.6. The fourth-order valence-electron chi connectivity index (χ4n) is 3.20. The summed E-state index contributed by atoms with van der Waals surface area (Å²) in [6.45, 7) is 2.98. The summed E-state index contributed by atoms with van der Waals surface area (Å²) in [5.41, 5.74) is 1.64. The molecule has 3 aromatic rings. The molecule has 0 spiro atoms. The van der Waals surface area contributed by atoms with Crippen molar-refractivity contribution in [2.75, 3.05) is 23.4 Å². The summed E-state index contributed by atoms with van der Waals surface area (Å²) in [6, 6.07) is 14.5. The Morgan fingerprint density at radius 3 is 2.89 bits per heavy atom. The molecular formula is C20H20N4O3S. The van der Waals surface area contributed by atoms with Gasteiger partial charge in [0.15, 0.2) is 5.13 Å². The van der Waals surface area contributed by atoms with E-state index in [1.807, 2.05) is 55.5 Å². The Bertz CT molecular complexity index is 1010. The van der Waals surface area contributed by atoms with E-state index in [1.54, 1.807) is 4.90 Å². The first-order valence-corrected chi connectivity index (χ1v) is 9.90. The lowest BCUT2D eigenvalue weighted by molar-refractivity contribution is -0.117. The molecule has 1 fully saturated rings. The van der Waals surface area contributed by atoms with Gasteiger partial charge in [0.25, 0.3) is 0 Å². The summed E-state index contributed by atoms with van der Waals surface area (Å²) in [6.07, 6.45) is 0.278. The molecule has 1 atom stereocenters. The van der Waals surface area contributed by atoms with Crippen molar-refractivity contribution < 1.29 is 14.3 Å². The number of hydrogen-bond donors (Lipinski definition) is 2. The summed E-state index contributed by atoms with van der Waals surface area (Å²) >= 11 is 1.38. The van der Waals surface area contributed by atoms with Crippen LogP contribution >= 0.6 is 11.3 Å². The number of hydrogen-bond acceptors (Lipinski definition) is 5. The minimum absolute atomic E-state index is 0.0000550. The van der Waals surface area contributed by atoms with Gasteiger partial charge in [0.2, 0.25) is 5.91 Å². The number of benzene rings is 2. The van der Waals surface area contributed by atoms with Crippen LogP contribution in [0.5, 0.6) is 5.75 Å². The Hall–Kier alpha value is -3.13. The molecule has 2 heterocycles. The molecule has 0 saturated carbocycles. The highest BCUT2D eigenvalue weighted by molar-refractivity contribution is 7.22. The second-order valence-corrected chi connectivity index (χ2v) is 7.45. The van der Waals surface area contributed by atoms with E-state index in [9.17, 15) is 9.59 Å². The van der Waals surface area contributed by atoms with Crippen LogP contribution in [0.1, 0.15) is 13.3 Å². The molecule has 1 aromatic heterocycles. The predicted octanol–water partition coefficient (Wildman–Crippen LogP) is 3.62. The zero-order valence-electron chi connectivity index (χ0n) is 15.3. The highest BCUT2D eigenvalue weighted by Crippen LogP contribution is 2.29. The first-order valence-electron chi connectivity index (χ1n) is 9.08. The smallest absolute Gasteiger partial charge is 0.321 e. The maximum atomic E-state index is 12.4. The number of carbonyl (C=O) groups is 2. The second-order valence-electron chi connectivity index (χ2n) is 6.42. The standard InChI is InChI=1S/C20H20N4O3S/c1-2-27-15-8-9-16-17(11-15)28-20(22-16)23-19(26)21-13-10-18(25)24(12-13)14-6-4-3-5-7-14/h3-9,11,13H,2,10,12H2,1H3,(H2,21,22,23,26). The lowest BCUT2D eigenvalue weighted by Crippen LogP contribution is -2.39. The highest BCUT2D eigenvalue weighted by Gasteiger charge is 2.31. The molecule has 3 amide bonds. The van der Waals surface area contributed by atoms with E-state index in [0.29, 0.717) is 18.3 Å². The van der Waals surface area contributed by atoms with E-state index in [2.05, 4.69) is 15.6 Å². The molecule has 1 unspecified atom stereocenters. The van der Waals surface area contributed by atoms with Crippen LogP contribution in [0.2, 0.25) is 0 Å². The quantitative estimate of drug-likeness (QED) is 0.690. The number of rotatable bonds is 5. The average molecular weight is 396 g/mol. The van der Waals surface area contributed by atoms with Crippen molar-refractivity contribution in [1.29, 1.82) is 0 Å². The monoisotopic (exact) mass is 396 g/mol. The number of urea groups is 1. The fraction of sp³-hybridized carbons (Fsp3) is 0.250. The fourth-order valence-corrected chi connectivity index (χ4v) is 4.08. The molecule has 144 valence electrons. The van der Waals surface area contributed by atoms with E-state index in [4.69, 9.17) is 4.74 Å². The third-order valence-electron chi connectivity index (χ3n) is 4.42. The maximum absolute atomic E-state index is 12.4. The normalized spacial score (nSPS) is 16.4. The number of nitrogens with one attached hydrogen (secondary N) is 2. The Balaban J connectivity index is 1.38. The molecule has 4 rings (SSSR count). The number of para-hydroxylation sites is 1. The van der Waals surface area contributed by atoms with Crippen molar-refractivity contribution >= 4 is 44.3 Å². The van der Waals surface area contributed by atoms with E-state index in [-0.39, 0.29) is 24.4 Å². The number of thiazole rings is 1. The van der Waals surface area contributed by atoms with Gasteiger partial charge in [0.1, 0.15) is 5.75 Å². The molecule has 0 radical (unpaired) electrons. The summed E-state index contributed by atoms with van der Waals surface area (Å²) in [4.78, 5) is 30.7. The van der Waals surface area contributed by atoms with E-state index in [1.165, 1.54) is 11.3 Å². The number of fused-ring (bicyclic) bond motifs is 1. The third-order valence-corrected chi connectivity index (χ3v) is 5.35. The van der Waals surface area contributed by atoms with Crippen molar-refractivity contribution in [1.82, 2.24) is 10.3 Å². The first kappa shape index (κ1) is 18.2. The van der Waals surface area contributed by atoms with Crippen LogP contribution in [0, 0.1) is 0 Å². The Labute approximate surface area is 166 Å². The zero-order valence-corrected chi connectivity index (χ0v) is 16.2. The number of nitrogens with zero attached hydrogens (tertiary/aromatic N) is 2. The Morgan fingerprint density at radius 1 is 1.29 bits per heavy atom. The van der Waals surface area contributed by atoms with Gasteiger partial charge in [-0.1, -0.05) is 29.5 Å². The van der Waals surface area contributed by atoms with Gasteiger partial charge in [-0.05, 0) is 37.3 Å². The van der Waals surface area contributed by atoms with Crippen LogP contribution in [-0.2, 0) is 4.79 Å². The van der Waals surface area contributed by atoms with Crippen LogP contribution in [0.25, 0.3) is 10.2 Å². The molecule has 1 saturated heterocycles. The summed E-state index contributed by atoms with van der Waals surface area (Å²) in [5.74, 6) is 0.778. The molecule has 8 heteroatoms. The molecule has 0 bridgehead atoms. The SMILES string of the molecule is CCOc1ccc2nc(NC(=O)NC3CC(=O)N(c4ccccc4)C3)sc2c1. The maximum Gasteiger partial charge on any atom is 0.321 e. The Kier molecular flexibility index (Phi) is 5.12. The average Bonchev–Trinajstić information content (AvgIpc) is 3.24. The predicted molar refractivity (Wildman–Crippen MR) is 110 cm³/mol. The van der Waals surface area contributed by atoms with Gasteiger partial charge in [-0.3, -0.25) is 10.1 Å². The molecule has 2 aromatic carbocycles. The van der Waals surface area contributed by atoms with Gasteiger partial charge in [-0.25, -0.2) is 9.78 Å². The lowest BCUT2D eigenvalue weighted by Gasteiger charge is -2.17. The van der Waals surface area contributed by atoms with Crippen LogP contribution in [0.4, 0.5) is 15.6 Å². The third kappa shape index (κ3) is 3.91. The van der Waals surface area contributed by atoms with E-state index < -0.39 is 0 Å². The van der Waals surface area contributed by atoms with Crippen LogP contribution < -0.4 is 20.3 Å². The molecule has 1 aliphatic rings. The topological polar surface area (TPSA) is 83.6 Å². The number of aromatic nitrogens is 1. The molecule has 1 aliphatic heterocycles.